The Bertz CT molecular complexity index is 3710. The molecule has 67 heavy (non-hydrogen) atoms. The first-order chi connectivity index (χ1) is 32.9. The number of benzene rings is 11. The largest absolute Gasteiger partial charge is 0.456 e. The lowest BCUT2D eigenvalue weighted by atomic mass is 9.87. The van der Waals surface area contributed by atoms with Crippen molar-refractivity contribution in [3.63, 3.8) is 0 Å². The maximum absolute atomic E-state index is 16.8. The highest BCUT2D eigenvalue weighted by molar-refractivity contribution is 6.26. The number of halogens is 2. The fourth-order valence-corrected chi connectivity index (χ4v) is 10.1. The van der Waals surface area contributed by atoms with Crippen LogP contribution in [0.5, 0.6) is 11.5 Å². The minimum absolute atomic E-state index is 0.320. The summed E-state index contributed by atoms with van der Waals surface area (Å²) in [7, 11) is 0. The highest BCUT2D eigenvalue weighted by Gasteiger charge is 2.29. The molecule has 0 saturated carbocycles. The molecule has 1 aliphatic rings. The van der Waals surface area contributed by atoms with Gasteiger partial charge in [-0.1, -0.05) is 151 Å². The first kappa shape index (κ1) is 40.0. The van der Waals surface area contributed by atoms with Crippen molar-refractivity contribution in [2.24, 2.45) is 0 Å². The van der Waals surface area contributed by atoms with Crippen LogP contribution >= 0.6 is 0 Å². The van der Waals surface area contributed by atoms with E-state index >= 15 is 8.78 Å². The third-order valence-electron chi connectivity index (χ3n) is 13.0. The van der Waals surface area contributed by atoms with E-state index in [1.807, 2.05) is 144 Å². The highest BCUT2D eigenvalue weighted by atomic mass is 19.1. The Hall–Kier alpha value is -8.54. The minimum Gasteiger partial charge on any atom is -0.456 e. The minimum atomic E-state index is -0.334. The molecule has 0 unspecified atom stereocenters. The van der Waals surface area contributed by atoms with Gasteiger partial charge in [0.15, 0.2) is 0 Å². The summed E-state index contributed by atoms with van der Waals surface area (Å²) in [5, 5.41) is 6.19. The number of nitrogens with zero attached hydrogens (tertiary/aromatic N) is 2. The van der Waals surface area contributed by atoms with Gasteiger partial charge in [-0.2, -0.15) is 0 Å². The number of anilines is 6. The number of aryl methyl sites for hydroxylation is 2. The molecule has 3 nitrogen and oxygen atoms in total. The summed E-state index contributed by atoms with van der Waals surface area (Å²) >= 11 is 0. The van der Waals surface area contributed by atoms with E-state index in [1.54, 1.807) is 18.2 Å². The summed E-state index contributed by atoms with van der Waals surface area (Å²) in [5.74, 6) is 0.764. The van der Waals surface area contributed by atoms with Crippen LogP contribution in [-0.4, -0.2) is 0 Å². The lowest BCUT2D eigenvalue weighted by Crippen LogP contribution is -2.14. The molecule has 0 amide bonds. The summed E-state index contributed by atoms with van der Waals surface area (Å²) in [6.07, 6.45) is 0. The Morgan fingerprint density at radius 3 is 1.51 bits per heavy atom. The van der Waals surface area contributed by atoms with Gasteiger partial charge in [0, 0.05) is 44.9 Å². The van der Waals surface area contributed by atoms with Gasteiger partial charge in [0.1, 0.15) is 23.1 Å². The molecule has 12 rings (SSSR count). The van der Waals surface area contributed by atoms with Crippen LogP contribution in [-0.2, 0) is 0 Å². The van der Waals surface area contributed by atoms with Crippen LogP contribution in [0, 0.1) is 25.5 Å². The molecule has 0 bridgehead atoms. The molecular weight excluding hydrogens is 827 g/mol. The van der Waals surface area contributed by atoms with Gasteiger partial charge < -0.3 is 14.5 Å². The Balaban J connectivity index is 1.10. The molecule has 0 aliphatic carbocycles. The van der Waals surface area contributed by atoms with Gasteiger partial charge in [0.25, 0.3) is 0 Å². The second kappa shape index (κ2) is 16.2. The molecule has 1 heterocycles. The summed E-state index contributed by atoms with van der Waals surface area (Å²) in [5.41, 5.74) is 11.7. The van der Waals surface area contributed by atoms with Crippen LogP contribution in [0.3, 0.4) is 0 Å². The van der Waals surface area contributed by atoms with Crippen molar-refractivity contribution in [2.45, 2.75) is 13.8 Å². The molecule has 0 atom stereocenters. The molecule has 320 valence electrons. The van der Waals surface area contributed by atoms with E-state index in [-0.39, 0.29) is 11.6 Å². The zero-order chi connectivity index (χ0) is 45.2. The second-order valence-electron chi connectivity index (χ2n) is 17.3. The zero-order valence-electron chi connectivity index (χ0n) is 36.8. The van der Waals surface area contributed by atoms with Crippen LogP contribution in [0.25, 0.3) is 65.7 Å². The second-order valence-corrected chi connectivity index (χ2v) is 17.3. The average Bonchev–Trinajstić information content (AvgIpc) is 3.36. The van der Waals surface area contributed by atoms with Crippen LogP contribution in [0.15, 0.2) is 218 Å². The van der Waals surface area contributed by atoms with Crippen LogP contribution in [0.1, 0.15) is 11.1 Å². The van der Waals surface area contributed by atoms with Crippen LogP contribution < -0.4 is 14.5 Å². The fraction of sp³-hybridized carbons (Fsp3) is 0.0323. The Labute approximate surface area is 388 Å². The van der Waals surface area contributed by atoms with E-state index in [1.165, 1.54) is 6.07 Å². The van der Waals surface area contributed by atoms with Crippen molar-refractivity contribution in [2.75, 3.05) is 9.80 Å². The summed E-state index contributed by atoms with van der Waals surface area (Å²) in [6, 6.07) is 72.2. The molecule has 0 spiro atoms. The van der Waals surface area contributed by atoms with Gasteiger partial charge in [0.2, 0.25) is 0 Å². The van der Waals surface area contributed by atoms with Gasteiger partial charge in [0.05, 0.1) is 22.7 Å². The zero-order valence-corrected chi connectivity index (χ0v) is 36.8. The van der Waals surface area contributed by atoms with E-state index in [0.717, 1.165) is 105 Å². The molecule has 11 aromatic rings. The van der Waals surface area contributed by atoms with Crippen molar-refractivity contribution in [1.82, 2.24) is 0 Å². The van der Waals surface area contributed by atoms with Gasteiger partial charge in [-0.25, -0.2) is 8.78 Å². The predicted molar refractivity (Wildman–Crippen MR) is 274 cm³/mol. The number of fused-ring (bicyclic) bond motifs is 6. The number of hydrogen-bond donors (Lipinski definition) is 0. The maximum atomic E-state index is 16.8. The Morgan fingerprint density at radius 1 is 0.343 bits per heavy atom. The van der Waals surface area contributed by atoms with Crippen LogP contribution in [0.2, 0.25) is 0 Å². The van der Waals surface area contributed by atoms with Gasteiger partial charge in [-0.15, -0.1) is 0 Å². The molecule has 5 heteroatoms. The molecule has 0 radical (unpaired) electrons. The third-order valence-corrected chi connectivity index (χ3v) is 13.0. The monoisotopic (exact) mass is 868 g/mol. The van der Waals surface area contributed by atoms with Gasteiger partial charge in [-0.3, -0.25) is 0 Å². The topological polar surface area (TPSA) is 15.7 Å². The number of ether oxygens (including phenoxy) is 1. The molecule has 0 saturated heterocycles. The molecule has 11 aromatic carbocycles. The van der Waals surface area contributed by atoms with Crippen molar-refractivity contribution in [3.05, 3.63) is 241 Å². The summed E-state index contributed by atoms with van der Waals surface area (Å²) < 4.78 is 40.3. The molecule has 1 aliphatic heterocycles. The number of rotatable bonds is 8. The third kappa shape index (κ3) is 6.78. The van der Waals surface area contributed by atoms with E-state index in [4.69, 9.17) is 4.74 Å². The lowest BCUT2D eigenvalue weighted by Gasteiger charge is -2.31. The average molecular weight is 869 g/mol. The summed E-state index contributed by atoms with van der Waals surface area (Å²) in [6.45, 7) is 4.21. The number of hydrogen-bond acceptors (Lipinski definition) is 3. The van der Waals surface area contributed by atoms with E-state index < -0.39 is 0 Å². The SMILES string of the molecule is Cc1ccc2c(N(c3ccccc3)c3c(F)cccc3-c3ccccc3)cc3c4cc(C)cc5c4c(cc3c2c1)-c1ccc(N(c2ccccc2)c2c(F)cccc2-c2ccccc2)cc1O5. The molecule has 0 aromatic heterocycles. The number of para-hydroxylation sites is 4. The Morgan fingerprint density at radius 2 is 0.881 bits per heavy atom. The Kier molecular flexibility index (Phi) is 9.65. The molecule has 0 fully saturated rings. The van der Waals surface area contributed by atoms with Crippen LogP contribution in [0.4, 0.5) is 42.9 Å². The van der Waals surface area contributed by atoms with Crippen molar-refractivity contribution in [1.29, 1.82) is 0 Å². The maximum Gasteiger partial charge on any atom is 0.147 e. The van der Waals surface area contributed by atoms with Crippen molar-refractivity contribution in [3.8, 4) is 44.9 Å². The predicted octanol–water partition coefficient (Wildman–Crippen LogP) is 18.1. The first-order valence-corrected chi connectivity index (χ1v) is 22.5. The summed E-state index contributed by atoms with van der Waals surface area (Å²) in [4.78, 5) is 4.07. The van der Waals surface area contributed by atoms with Gasteiger partial charge in [-0.05, 0) is 124 Å². The standard InChI is InChI=1S/C62H42F2N2O/c1-39-29-31-48-50(33-39)51-37-54-49-32-30-45(65(43-21-11-5-12-22-43)61-46(25-15-27-55(61)63)41-17-7-3-8-18-41)36-58(49)67-59-35-40(2)34-53(60(54)59)52(51)38-57(48)66(44-23-13-6-14-24-44)62-47(26-16-28-56(62)64)42-19-9-4-10-20-42/h3-38H,1-2H3. The van der Waals surface area contributed by atoms with E-state index in [2.05, 4.69) is 73.3 Å². The molecule has 0 N–H and O–H groups in total. The quantitative estimate of drug-likeness (QED) is 0.142. The van der Waals surface area contributed by atoms with Crippen molar-refractivity contribution >= 4 is 66.4 Å². The van der Waals surface area contributed by atoms with Gasteiger partial charge >= 0.3 is 0 Å². The highest BCUT2D eigenvalue weighted by Crippen LogP contribution is 2.54. The molecular formula is C62H42F2N2O. The smallest absolute Gasteiger partial charge is 0.147 e. The van der Waals surface area contributed by atoms with E-state index in [0.29, 0.717) is 17.1 Å². The normalized spacial score (nSPS) is 11.7. The first-order valence-electron chi connectivity index (χ1n) is 22.5. The lowest BCUT2D eigenvalue weighted by molar-refractivity contribution is 0.487. The van der Waals surface area contributed by atoms with Crippen molar-refractivity contribution < 1.29 is 13.5 Å². The fourth-order valence-electron chi connectivity index (χ4n) is 10.1. The van der Waals surface area contributed by atoms with E-state index in [9.17, 15) is 0 Å².